The van der Waals surface area contributed by atoms with Gasteiger partial charge in [-0.05, 0) is 6.42 Å². The SMILES string of the molecule is CCCCCCCCOP(=O)(O)OCC(Cl)CCl. The summed E-state index contributed by atoms with van der Waals surface area (Å²) in [6.45, 7) is 2.30. The van der Waals surface area contributed by atoms with E-state index < -0.39 is 13.2 Å². The van der Waals surface area contributed by atoms with Crippen LogP contribution in [0.3, 0.4) is 0 Å². The van der Waals surface area contributed by atoms with Crippen molar-refractivity contribution in [2.24, 2.45) is 0 Å². The molecular weight excluding hydrogens is 298 g/mol. The molecule has 4 nitrogen and oxygen atoms in total. The summed E-state index contributed by atoms with van der Waals surface area (Å²) in [7, 11) is -3.96. The number of halogens is 2. The van der Waals surface area contributed by atoms with Gasteiger partial charge in [-0.25, -0.2) is 4.57 Å². The van der Waals surface area contributed by atoms with Crippen LogP contribution in [0.2, 0.25) is 0 Å². The van der Waals surface area contributed by atoms with Crippen molar-refractivity contribution >= 4 is 31.0 Å². The van der Waals surface area contributed by atoms with Gasteiger partial charge in [0.15, 0.2) is 0 Å². The van der Waals surface area contributed by atoms with Gasteiger partial charge in [-0.15, -0.1) is 23.2 Å². The number of hydrogen-bond donors (Lipinski definition) is 1. The molecule has 2 unspecified atom stereocenters. The first kappa shape index (κ1) is 18.7. The van der Waals surface area contributed by atoms with E-state index >= 15 is 0 Å². The normalized spacial score (nSPS) is 16.4. The van der Waals surface area contributed by atoms with E-state index in [0.29, 0.717) is 0 Å². The summed E-state index contributed by atoms with van der Waals surface area (Å²) < 4.78 is 20.9. The maximum Gasteiger partial charge on any atom is 0.472 e. The Morgan fingerprint density at radius 3 is 2.39 bits per heavy atom. The van der Waals surface area contributed by atoms with Crippen molar-refractivity contribution in [3.05, 3.63) is 0 Å². The molecule has 0 saturated heterocycles. The standard InChI is InChI=1S/C11H23Cl2O4P/c1-2-3-4-5-6-7-8-16-18(14,15)17-10-11(13)9-12/h11H,2-10H2,1H3,(H,14,15). The molecule has 0 aromatic carbocycles. The average molecular weight is 321 g/mol. The zero-order chi connectivity index (χ0) is 13.9. The van der Waals surface area contributed by atoms with Gasteiger partial charge in [0.1, 0.15) is 0 Å². The predicted octanol–water partition coefficient (Wildman–Crippen LogP) is 4.33. The molecule has 0 radical (unpaired) electrons. The molecule has 0 aromatic heterocycles. The molecule has 0 aliphatic carbocycles. The highest BCUT2D eigenvalue weighted by Gasteiger charge is 2.22. The molecular formula is C11H23Cl2O4P. The van der Waals surface area contributed by atoms with E-state index in [1.54, 1.807) is 0 Å². The van der Waals surface area contributed by atoms with Gasteiger partial charge in [-0.2, -0.15) is 0 Å². The van der Waals surface area contributed by atoms with Crippen LogP contribution in [0.15, 0.2) is 0 Å². The van der Waals surface area contributed by atoms with E-state index in [4.69, 9.17) is 32.2 Å². The van der Waals surface area contributed by atoms with E-state index in [2.05, 4.69) is 6.92 Å². The van der Waals surface area contributed by atoms with Crippen LogP contribution in [-0.2, 0) is 13.6 Å². The minimum atomic E-state index is -3.96. The number of rotatable bonds is 12. The monoisotopic (exact) mass is 320 g/mol. The Morgan fingerprint density at radius 2 is 1.78 bits per heavy atom. The van der Waals surface area contributed by atoms with Crippen molar-refractivity contribution in [3.8, 4) is 0 Å². The largest absolute Gasteiger partial charge is 0.472 e. The smallest absolute Gasteiger partial charge is 0.302 e. The molecule has 110 valence electrons. The van der Waals surface area contributed by atoms with E-state index in [9.17, 15) is 9.46 Å². The second kappa shape index (κ2) is 11.5. The van der Waals surface area contributed by atoms with Gasteiger partial charge in [-0.1, -0.05) is 39.0 Å². The van der Waals surface area contributed by atoms with Crippen LogP contribution in [0.5, 0.6) is 0 Å². The van der Waals surface area contributed by atoms with Gasteiger partial charge in [0, 0.05) is 5.88 Å². The van der Waals surface area contributed by atoms with Crippen molar-refractivity contribution in [2.75, 3.05) is 19.1 Å². The third-order valence-electron chi connectivity index (χ3n) is 2.34. The molecule has 0 heterocycles. The Kier molecular flexibility index (Phi) is 12.0. The second-order valence-corrected chi connectivity index (χ2v) is 6.50. The summed E-state index contributed by atoms with van der Waals surface area (Å²) in [4.78, 5) is 9.31. The molecule has 1 N–H and O–H groups in total. The van der Waals surface area contributed by atoms with Crippen LogP contribution >= 0.6 is 31.0 Å². The molecule has 0 aliphatic heterocycles. The average Bonchev–Trinajstić information content (AvgIpc) is 2.35. The minimum Gasteiger partial charge on any atom is -0.302 e. The van der Waals surface area contributed by atoms with Crippen LogP contribution in [0, 0.1) is 0 Å². The first-order valence-corrected chi connectivity index (χ1v) is 8.80. The Bertz CT molecular complexity index is 241. The summed E-state index contributed by atoms with van der Waals surface area (Å²) in [6, 6.07) is 0. The van der Waals surface area contributed by atoms with Crippen molar-refractivity contribution < 1.29 is 18.5 Å². The Balaban J connectivity index is 3.49. The fourth-order valence-electron chi connectivity index (χ4n) is 1.32. The Morgan fingerprint density at radius 1 is 1.17 bits per heavy atom. The summed E-state index contributed by atoms with van der Waals surface area (Å²) >= 11 is 11.1. The lowest BCUT2D eigenvalue weighted by Gasteiger charge is -2.13. The molecule has 18 heavy (non-hydrogen) atoms. The lowest BCUT2D eigenvalue weighted by molar-refractivity contribution is 0.148. The number of phosphoric acid groups is 1. The van der Waals surface area contributed by atoms with Crippen LogP contribution < -0.4 is 0 Å². The first-order valence-electron chi connectivity index (χ1n) is 6.33. The Labute approximate surface area is 120 Å². The minimum absolute atomic E-state index is 0.0880. The molecule has 0 rings (SSSR count). The van der Waals surface area contributed by atoms with Gasteiger partial charge < -0.3 is 4.89 Å². The zero-order valence-corrected chi connectivity index (χ0v) is 13.2. The topological polar surface area (TPSA) is 55.8 Å². The molecule has 0 amide bonds. The van der Waals surface area contributed by atoms with Gasteiger partial charge in [0.2, 0.25) is 0 Å². The molecule has 0 bridgehead atoms. The van der Waals surface area contributed by atoms with E-state index in [1.165, 1.54) is 19.3 Å². The van der Waals surface area contributed by atoms with Crippen LogP contribution in [-0.4, -0.2) is 29.4 Å². The highest BCUT2D eigenvalue weighted by Crippen LogP contribution is 2.43. The fraction of sp³-hybridized carbons (Fsp3) is 1.00. The number of alkyl halides is 2. The second-order valence-electron chi connectivity index (χ2n) is 4.12. The van der Waals surface area contributed by atoms with Gasteiger partial charge in [0.05, 0.1) is 18.6 Å². The molecule has 7 heteroatoms. The highest BCUT2D eigenvalue weighted by atomic mass is 35.5. The summed E-state index contributed by atoms with van der Waals surface area (Å²) in [6.07, 6.45) is 6.53. The molecule has 0 aromatic rings. The van der Waals surface area contributed by atoms with Crippen molar-refractivity contribution in [3.63, 3.8) is 0 Å². The first-order chi connectivity index (χ1) is 8.52. The number of phosphoric ester groups is 1. The van der Waals surface area contributed by atoms with Crippen LogP contribution in [0.1, 0.15) is 45.4 Å². The van der Waals surface area contributed by atoms with E-state index in [-0.39, 0.29) is 19.1 Å². The van der Waals surface area contributed by atoms with Gasteiger partial charge in [0.25, 0.3) is 0 Å². The van der Waals surface area contributed by atoms with Crippen LogP contribution in [0.25, 0.3) is 0 Å². The van der Waals surface area contributed by atoms with Gasteiger partial charge >= 0.3 is 7.82 Å². The van der Waals surface area contributed by atoms with Crippen molar-refractivity contribution in [1.29, 1.82) is 0 Å². The maximum atomic E-state index is 11.4. The van der Waals surface area contributed by atoms with Crippen molar-refractivity contribution in [1.82, 2.24) is 0 Å². The quantitative estimate of drug-likeness (QED) is 0.330. The molecule has 0 aliphatic rings. The number of hydrogen-bond acceptors (Lipinski definition) is 3. The van der Waals surface area contributed by atoms with E-state index in [1.807, 2.05) is 0 Å². The summed E-state index contributed by atoms with van der Waals surface area (Å²) in [5.41, 5.74) is 0. The lowest BCUT2D eigenvalue weighted by Crippen LogP contribution is -2.10. The van der Waals surface area contributed by atoms with Crippen LogP contribution in [0.4, 0.5) is 0 Å². The summed E-state index contributed by atoms with van der Waals surface area (Å²) in [5, 5.41) is -0.482. The Hall–Kier alpha value is 0.690. The molecule has 0 saturated carbocycles. The van der Waals surface area contributed by atoms with Gasteiger partial charge in [-0.3, -0.25) is 9.05 Å². The molecule has 0 spiro atoms. The molecule has 2 atom stereocenters. The fourth-order valence-corrected chi connectivity index (χ4v) is 2.36. The lowest BCUT2D eigenvalue weighted by atomic mass is 10.1. The summed E-state index contributed by atoms with van der Waals surface area (Å²) in [5.74, 6) is 0.166. The third kappa shape index (κ3) is 11.8. The number of unbranched alkanes of at least 4 members (excludes halogenated alkanes) is 5. The van der Waals surface area contributed by atoms with E-state index in [0.717, 1.165) is 19.3 Å². The predicted molar refractivity (Wildman–Crippen MR) is 75.5 cm³/mol. The zero-order valence-electron chi connectivity index (χ0n) is 10.8. The highest BCUT2D eigenvalue weighted by molar-refractivity contribution is 7.47. The molecule has 0 fully saturated rings. The maximum absolute atomic E-state index is 11.4. The third-order valence-corrected chi connectivity index (χ3v) is 4.13. The van der Waals surface area contributed by atoms with Crippen molar-refractivity contribution in [2.45, 2.75) is 50.8 Å².